The van der Waals surface area contributed by atoms with Gasteiger partial charge in [-0.2, -0.15) is 0 Å². The maximum Gasteiger partial charge on any atom is 0.124 e. The lowest BCUT2D eigenvalue weighted by Crippen LogP contribution is -2.29. The van der Waals surface area contributed by atoms with Crippen molar-refractivity contribution in [2.75, 3.05) is 13.2 Å². The molecule has 3 heteroatoms. The summed E-state index contributed by atoms with van der Waals surface area (Å²) in [5.41, 5.74) is 2.51. The number of hydrogen-bond acceptors (Lipinski definition) is 3. The molecular formula is C16H25NO2. The topological polar surface area (TPSA) is 30.5 Å². The van der Waals surface area contributed by atoms with E-state index in [2.05, 4.69) is 44.3 Å². The number of rotatable bonds is 5. The molecule has 1 aromatic carbocycles. The summed E-state index contributed by atoms with van der Waals surface area (Å²) < 4.78 is 11.6. The number of benzene rings is 1. The van der Waals surface area contributed by atoms with Crippen LogP contribution in [0.15, 0.2) is 18.2 Å². The molecule has 0 saturated carbocycles. The Labute approximate surface area is 116 Å². The molecule has 1 aromatic rings. The van der Waals surface area contributed by atoms with E-state index in [-0.39, 0.29) is 6.10 Å². The molecule has 1 N–H and O–H groups in total. The van der Waals surface area contributed by atoms with Gasteiger partial charge in [0.2, 0.25) is 0 Å². The third kappa shape index (κ3) is 4.51. The van der Waals surface area contributed by atoms with E-state index in [1.54, 1.807) is 0 Å². The summed E-state index contributed by atoms with van der Waals surface area (Å²) in [7, 11) is 0. The highest BCUT2D eigenvalue weighted by molar-refractivity contribution is 5.37. The first-order chi connectivity index (χ1) is 9.15. The molecule has 0 aromatic heterocycles. The van der Waals surface area contributed by atoms with Gasteiger partial charge in [0, 0.05) is 24.8 Å². The maximum absolute atomic E-state index is 6.11. The van der Waals surface area contributed by atoms with Gasteiger partial charge in [-0.05, 0) is 25.8 Å². The minimum atomic E-state index is 0.203. The Bertz CT molecular complexity index is 398. The second-order valence-corrected chi connectivity index (χ2v) is 5.60. The summed E-state index contributed by atoms with van der Waals surface area (Å²) in [4.78, 5) is 0. The van der Waals surface area contributed by atoms with Gasteiger partial charge in [0.05, 0.1) is 6.61 Å². The van der Waals surface area contributed by atoms with Gasteiger partial charge in [0.1, 0.15) is 11.9 Å². The molecular weight excluding hydrogens is 238 g/mol. The van der Waals surface area contributed by atoms with Crippen LogP contribution in [0.4, 0.5) is 0 Å². The van der Waals surface area contributed by atoms with Crippen LogP contribution in [0.3, 0.4) is 0 Å². The first-order valence-corrected chi connectivity index (χ1v) is 7.22. The van der Waals surface area contributed by atoms with Crippen molar-refractivity contribution >= 4 is 0 Å². The van der Waals surface area contributed by atoms with Crippen LogP contribution in [-0.4, -0.2) is 25.4 Å². The highest BCUT2D eigenvalue weighted by atomic mass is 16.5. The fourth-order valence-corrected chi connectivity index (χ4v) is 2.26. The molecule has 0 spiro atoms. The lowest BCUT2D eigenvalue weighted by molar-refractivity contribution is 0.00699. The summed E-state index contributed by atoms with van der Waals surface area (Å²) in [6.07, 6.45) is 2.38. The molecule has 1 atom stereocenters. The van der Waals surface area contributed by atoms with Crippen LogP contribution in [-0.2, 0) is 11.3 Å². The maximum atomic E-state index is 6.11. The summed E-state index contributed by atoms with van der Waals surface area (Å²) in [6, 6.07) is 6.87. The number of ether oxygens (including phenoxy) is 2. The van der Waals surface area contributed by atoms with Crippen LogP contribution in [0.1, 0.15) is 37.8 Å². The first-order valence-electron chi connectivity index (χ1n) is 7.22. The van der Waals surface area contributed by atoms with Crippen LogP contribution in [0.2, 0.25) is 0 Å². The molecule has 1 saturated heterocycles. The summed E-state index contributed by atoms with van der Waals surface area (Å²) >= 11 is 0. The smallest absolute Gasteiger partial charge is 0.124 e. The zero-order valence-corrected chi connectivity index (χ0v) is 12.2. The van der Waals surface area contributed by atoms with Crippen molar-refractivity contribution < 1.29 is 9.47 Å². The van der Waals surface area contributed by atoms with E-state index in [0.717, 1.165) is 31.7 Å². The molecule has 1 heterocycles. The zero-order valence-electron chi connectivity index (χ0n) is 12.2. The Kier molecular flexibility index (Phi) is 5.23. The first kappa shape index (κ1) is 14.4. The second kappa shape index (κ2) is 6.92. The molecule has 1 aliphatic rings. The van der Waals surface area contributed by atoms with Crippen LogP contribution in [0.25, 0.3) is 0 Å². The van der Waals surface area contributed by atoms with Gasteiger partial charge in [-0.1, -0.05) is 31.5 Å². The predicted octanol–water partition coefficient (Wildman–Crippen LogP) is 3.05. The van der Waals surface area contributed by atoms with Gasteiger partial charge in [-0.3, -0.25) is 0 Å². The van der Waals surface area contributed by atoms with Crippen LogP contribution in [0, 0.1) is 6.92 Å². The quantitative estimate of drug-likeness (QED) is 0.885. The Morgan fingerprint density at radius 1 is 1.42 bits per heavy atom. The summed E-state index contributed by atoms with van der Waals surface area (Å²) in [6.45, 7) is 8.87. The summed E-state index contributed by atoms with van der Waals surface area (Å²) in [5, 5.41) is 3.46. The van der Waals surface area contributed by atoms with E-state index >= 15 is 0 Å². The monoisotopic (exact) mass is 263 g/mol. The lowest BCUT2D eigenvalue weighted by Gasteiger charge is -2.25. The van der Waals surface area contributed by atoms with Gasteiger partial charge in [-0.15, -0.1) is 0 Å². The Hall–Kier alpha value is -1.06. The molecule has 1 fully saturated rings. The third-order valence-corrected chi connectivity index (χ3v) is 3.33. The second-order valence-electron chi connectivity index (χ2n) is 5.60. The summed E-state index contributed by atoms with van der Waals surface area (Å²) in [5.74, 6) is 0.995. The molecule has 1 unspecified atom stereocenters. The molecule has 0 bridgehead atoms. The van der Waals surface area contributed by atoms with E-state index in [0.29, 0.717) is 12.6 Å². The van der Waals surface area contributed by atoms with Crippen LogP contribution in [0.5, 0.6) is 5.75 Å². The highest BCUT2D eigenvalue weighted by Gasteiger charge is 2.17. The largest absolute Gasteiger partial charge is 0.488 e. The zero-order chi connectivity index (χ0) is 13.7. The van der Waals surface area contributed by atoms with Gasteiger partial charge in [0.15, 0.2) is 0 Å². The Morgan fingerprint density at radius 2 is 2.26 bits per heavy atom. The molecule has 3 nitrogen and oxygen atoms in total. The van der Waals surface area contributed by atoms with Crippen molar-refractivity contribution in [2.45, 2.75) is 52.3 Å². The molecule has 0 amide bonds. The van der Waals surface area contributed by atoms with Crippen molar-refractivity contribution in [3.63, 3.8) is 0 Å². The van der Waals surface area contributed by atoms with E-state index in [4.69, 9.17) is 9.47 Å². The fourth-order valence-electron chi connectivity index (χ4n) is 2.26. The Morgan fingerprint density at radius 3 is 2.95 bits per heavy atom. The van der Waals surface area contributed by atoms with Crippen molar-refractivity contribution in [3.05, 3.63) is 29.3 Å². The minimum absolute atomic E-state index is 0.203. The van der Waals surface area contributed by atoms with Crippen LogP contribution >= 0.6 is 0 Å². The van der Waals surface area contributed by atoms with E-state index in [1.165, 1.54) is 11.1 Å². The number of hydrogen-bond donors (Lipinski definition) is 1. The standard InChI is InChI=1S/C16H25NO2/c1-12(2)17-10-14-9-13(3)6-7-16(14)19-15-5-4-8-18-11-15/h6-7,9,12,15,17H,4-5,8,10-11H2,1-3H3. The molecule has 0 radical (unpaired) electrons. The molecule has 19 heavy (non-hydrogen) atoms. The van der Waals surface area contributed by atoms with E-state index in [9.17, 15) is 0 Å². The molecule has 106 valence electrons. The van der Waals surface area contributed by atoms with Crippen molar-refractivity contribution in [1.29, 1.82) is 0 Å². The van der Waals surface area contributed by atoms with Gasteiger partial charge in [0.25, 0.3) is 0 Å². The number of aryl methyl sites for hydroxylation is 1. The predicted molar refractivity (Wildman–Crippen MR) is 77.6 cm³/mol. The average molecular weight is 263 g/mol. The van der Waals surface area contributed by atoms with Crippen molar-refractivity contribution in [2.24, 2.45) is 0 Å². The molecule has 2 rings (SSSR count). The SMILES string of the molecule is Cc1ccc(OC2CCCOC2)c(CNC(C)C)c1. The highest BCUT2D eigenvalue weighted by Crippen LogP contribution is 2.23. The number of nitrogens with one attached hydrogen (secondary N) is 1. The minimum Gasteiger partial charge on any atom is -0.488 e. The lowest BCUT2D eigenvalue weighted by atomic mass is 10.1. The van der Waals surface area contributed by atoms with Crippen LogP contribution < -0.4 is 10.1 Å². The molecule has 1 aliphatic heterocycles. The Balaban J connectivity index is 2.04. The van der Waals surface area contributed by atoms with Gasteiger partial charge >= 0.3 is 0 Å². The van der Waals surface area contributed by atoms with E-state index in [1.807, 2.05) is 0 Å². The fraction of sp³-hybridized carbons (Fsp3) is 0.625. The van der Waals surface area contributed by atoms with Gasteiger partial charge < -0.3 is 14.8 Å². The average Bonchev–Trinajstić information content (AvgIpc) is 2.40. The third-order valence-electron chi connectivity index (χ3n) is 3.33. The molecule has 0 aliphatic carbocycles. The van der Waals surface area contributed by atoms with Gasteiger partial charge in [-0.25, -0.2) is 0 Å². The van der Waals surface area contributed by atoms with E-state index < -0.39 is 0 Å². The van der Waals surface area contributed by atoms with Crippen molar-refractivity contribution in [1.82, 2.24) is 5.32 Å². The van der Waals surface area contributed by atoms with Crippen molar-refractivity contribution in [3.8, 4) is 5.75 Å². The normalized spacial score (nSPS) is 19.7.